The lowest BCUT2D eigenvalue weighted by molar-refractivity contribution is -0.119. The maximum Gasteiger partial charge on any atom is 0.340 e. The number of carbonyl (C=O) groups excluding carboxylic acids is 3. The second kappa shape index (κ2) is 8.41. The van der Waals surface area contributed by atoms with Crippen LogP contribution in [0.4, 0.5) is 11.4 Å². The molecule has 0 saturated carbocycles. The average Bonchev–Trinajstić information content (AvgIpc) is 3.08. The molecule has 0 radical (unpaired) electrons. The molecule has 1 heterocycles. The van der Waals surface area contributed by atoms with Crippen LogP contribution in [0.25, 0.3) is 0 Å². The van der Waals surface area contributed by atoms with Crippen LogP contribution in [0.5, 0.6) is 0 Å². The Morgan fingerprint density at radius 2 is 1.93 bits per heavy atom. The summed E-state index contributed by atoms with van der Waals surface area (Å²) in [6, 6.07) is 11.3. The minimum Gasteiger partial charge on any atom is -0.452 e. The lowest BCUT2D eigenvalue weighted by atomic mass is 10.1. The van der Waals surface area contributed by atoms with Crippen LogP contribution in [0, 0.1) is 0 Å². The van der Waals surface area contributed by atoms with E-state index in [0.29, 0.717) is 29.4 Å². The Hall–Kier alpha value is -2.57. The Balaban J connectivity index is 1.64. The van der Waals surface area contributed by atoms with E-state index in [0.717, 1.165) is 6.42 Å². The number of para-hydroxylation sites is 1. The summed E-state index contributed by atoms with van der Waals surface area (Å²) in [4.78, 5) is 38.0. The number of anilines is 2. The predicted octanol–water partition coefficient (Wildman–Crippen LogP) is 3.92. The number of rotatable bonds is 5. The summed E-state index contributed by atoms with van der Waals surface area (Å²) in [6.07, 6.45) is 1.19. The fourth-order valence-corrected chi connectivity index (χ4v) is 3.23. The van der Waals surface area contributed by atoms with Crippen LogP contribution in [0.1, 0.15) is 23.2 Å². The fourth-order valence-electron chi connectivity index (χ4n) is 2.77. The normalized spacial score (nSPS) is 13.6. The van der Waals surface area contributed by atoms with Gasteiger partial charge in [0.1, 0.15) is 0 Å². The van der Waals surface area contributed by atoms with Crippen molar-refractivity contribution in [3.8, 4) is 0 Å². The van der Waals surface area contributed by atoms with Crippen LogP contribution in [-0.2, 0) is 14.3 Å². The molecule has 1 N–H and O–H groups in total. The first kappa shape index (κ1) is 19.2. The molecule has 1 saturated heterocycles. The van der Waals surface area contributed by atoms with Crippen molar-refractivity contribution in [1.29, 1.82) is 0 Å². The first-order valence-corrected chi connectivity index (χ1v) is 9.02. The molecule has 6 nitrogen and oxygen atoms in total. The number of hydrogen-bond donors (Lipinski definition) is 1. The zero-order valence-electron chi connectivity index (χ0n) is 14.2. The predicted molar refractivity (Wildman–Crippen MR) is 103 cm³/mol. The number of ether oxygens (including phenoxy) is 1. The Kier molecular flexibility index (Phi) is 5.98. The Morgan fingerprint density at radius 3 is 2.63 bits per heavy atom. The fraction of sp³-hybridized carbons (Fsp3) is 0.211. The van der Waals surface area contributed by atoms with E-state index in [-0.39, 0.29) is 16.5 Å². The summed E-state index contributed by atoms with van der Waals surface area (Å²) in [5.74, 6) is -1.25. The minimum absolute atomic E-state index is 0.0367. The van der Waals surface area contributed by atoms with Crippen LogP contribution in [-0.4, -0.2) is 30.9 Å². The van der Waals surface area contributed by atoms with Gasteiger partial charge < -0.3 is 15.0 Å². The molecule has 1 fully saturated rings. The highest BCUT2D eigenvalue weighted by atomic mass is 35.5. The molecular weight excluding hydrogens is 391 g/mol. The monoisotopic (exact) mass is 406 g/mol. The lowest BCUT2D eigenvalue weighted by Crippen LogP contribution is -2.27. The van der Waals surface area contributed by atoms with Crippen LogP contribution in [0.15, 0.2) is 42.5 Å². The van der Waals surface area contributed by atoms with E-state index < -0.39 is 18.5 Å². The molecule has 8 heteroatoms. The summed E-state index contributed by atoms with van der Waals surface area (Å²) in [6.45, 7) is 0.0682. The zero-order valence-corrected chi connectivity index (χ0v) is 15.7. The van der Waals surface area contributed by atoms with E-state index in [1.807, 2.05) is 0 Å². The van der Waals surface area contributed by atoms with Gasteiger partial charge in [0.15, 0.2) is 6.61 Å². The van der Waals surface area contributed by atoms with E-state index in [9.17, 15) is 14.4 Å². The standard InChI is InChI=1S/C19H16Cl2N2O4/c20-12-7-8-15(14(21)10-12)22-17(24)11-27-19(26)13-4-1-2-5-16(13)23-9-3-6-18(23)25/h1-2,4-5,7-8,10H,3,6,9,11H2,(H,22,24). The van der Waals surface area contributed by atoms with Crippen molar-refractivity contribution in [2.45, 2.75) is 12.8 Å². The third kappa shape index (κ3) is 4.59. The van der Waals surface area contributed by atoms with Crippen LogP contribution in [0.3, 0.4) is 0 Å². The molecule has 140 valence electrons. The number of halogens is 2. The van der Waals surface area contributed by atoms with Gasteiger partial charge in [-0.3, -0.25) is 9.59 Å². The van der Waals surface area contributed by atoms with Crippen molar-refractivity contribution < 1.29 is 19.1 Å². The largest absolute Gasteiger partial charge is 0.452 e. The first-order chi connectivity index (χ1) is 13.0. The molecule has 3 rings (SSSR count). The van der Waals surface area contributed by atoms with Gasteiger partial charge in [-0.05, 0) is 36.8 Å². The van der Waals surface area contributed by atoms with E-state index in [4.69, 9.17) is 27.9 Å². The zero-order chi connectivity index (χ0) is 19.4. The smallest absolute Gasteiger partial charge is 0.340 e. The van der Waals surface area contributed by atoms with Crippen molar-refractivity contribution in [1.82, 2.24) is 0 Å². The van der Waals surface area contributed by atoms with E-state index in [1.54, 1.807) is 41.3 Å². The molecule has 0 aromatic heterocycles. The van der Waals surface area contributed by atoms with Gasteiger partial charge in [0, 0.05) is 18.0 Å². The van der Waals surface area contributed by atoms with E-state index in [2.05, 4.69) is 5.32 Å². The van der Waals surface area contributed by atoms with Crippen molar-refractivity contribution in [3.05, 3.63) is 58.1 Å². The third-order valence-corrected chi connectivity index (χ3v) is 4.58. The second-order valence-corrected chi connectivity index (χ2v) is 6.76. The average molecular weight is 407 g/mol. The second-order valence-electron chi connectivity index (χ2n) is 5.91. The van der Waals surface area contributed by atoms with Crippen molar-refractivity contribution in [2.75, 3.05) is 23.4 Å². The van der Waals surface area contributed by atoms with Crippen LogP contribution >= 0.6 is 23.2 Å². The molecule has 0 spiro atoms. The van der Waals surface area contributed by atoms with Gasteiger partial charge in [-0.15, -0.1) is 0 Å². The molecular formula is C19H16Cl2N2O4. The lowest BCUT2D eigenvalue weighted by Gasteiger charge is -2.18. The number of nitrogens with zero attached hydrogens (tertiary/aromatic N) is 1. The van der Waals surface area contributed by atoms with Crippen molar-refractivity contribution in [2.24, 2.45) is 0 Å². The Morgan fingerprint density at radius 1 is 1.15 bits per heavy atom. The van der Waals surface area contributed by atoms with Gasteiger partial charge in [-0.2, -0.15) is 0 Å². The highest BCUT2D eigenvalue weighted by Crippen LogP contribution is 2.27. The van der Waals surface area contributed by atoms with E-state index in [1.165, 1.54) is 6.07 Å². The Bertz CT molecular complexity index is 901. The number of amides is 2. The summed E-state index contributed by atoms with van der Waals surface area (Å²) < 4.78 is 5.10. The quantitative estimate of drug-likeness (QED) is 0.763. The molecule has 0 atom stereocenters. The number of hydrogen-bond acceptors (Lipinski definition) is 4. The SMILES string of the molecule is O=C(COC(=O)c1ccccc1N1CCCC1=O)Nc1ccc(Cl)cc1Cl. The minimum atomic E-state index is -0.678. The van der Waals surface area contributed by atoms with Gasteiger partial charge in [-0.1, -0.05) is 35.3 Å². The molecule has 2 aromatic carbocycles. The van der Waals surface area contributed by atoms with Gasteiger partial charge in [0.05, 0.1) is 22.0 Å². The molecule has 27 heavy (non-hydrogen) atoms. The molecule has 2 aromatic rings. The molecule has 0 unspecified atom stereocenters. The van der Waals surface area contributed by atoms with Crippen LogP contribution < -0.4 is 10.2 Å². The number of nitrogens with one attached hydrogen (secondary N) is 1. The third-order valence-electron chi connectivity index (χ3n) is 4.03. The maximum absolute atomic E-state index is 12.4. The molecule has 0 bridgehead atoms. The van der Waals surface area contributed by atoms with Crippen LogP contribution in [0.2, 0.25) is 10.0 Å². The summed E-state index contributed by atoms with van der Waals surface area (Å²) in [7, 11) is 0. The molecule has 1 aliphatic rings. The molecule has 1 aliphatic heterocycles. The number of benzene rings is 2. The van der Waals surface area contributed by atoms with Crippen molar-refractivity contribution in [3.63, 3.8) is 0 Å². The summed E-state index contributed by atoms with van der Waals surface area (Å²) >= 11 is 11.8. The topological polar surface area (TPSA) is 75.7 Å². The number of esters is 1. The van der Waals surface area contributed by atoms with Gasteiger partial charge in [0.2, 0.25) is 5.91 Å². The highest BCUT2D eigenvalue weighted by molar-refractivity contribution is 6.36. The maximum atomic E-state index is 12.4. The molecule has 2 amide bonds. The molecule has 0 aliphatic carbocycles. The van der Waals surface area contributed by atoms with Gasteiger partial charge in [-0.25, -0.2) is 4.79 Å². The van der Waals surface area contributed by atoms with Crippen molar-refractivity contribution >= 4 is 52.4 Å². The summed E-state index contributed by atoms with van der Waals surface area (Å²) in [5.41, 5.74) is 1.10. The van der Waals surface area contributed by atoms with E-state index >= 15 is 0 Å². The van der Waals surface area contributed by atoms with Gasteiger partial charge >= 0.3 is 5.97 Å². The summed E-state index contributed by atoms with van der Waals surface area (Å²) in [5, 5.41) is 3.27. The highest BCUT2D eigenvalue weighted by Gasteiger charge is 2.26. The Labute approximate surface area is 166 Å². The first-order valence-electron chi connectivity index (χ1n) is 8.27. The number of carbonyl (C=O) groups is 3. The van der Waals surface area contributed by atoms with Gasteiger partial charge in [0.25, 0.3) is 5.91 Å².